The zero-order chi connectivity index (χ0) is 31.2. The molecule has 0 aliphatic carbocycles. The van der Waals surface area contributed by atoms with Crippen molar-refractivity contribution in [2.45, 2.75) is 38.1 Å². The molecule has 45 heavy (non-hydrogen) atoms. The number of benzene rings is 4. The number of carboxylic acid groups (broad SMARTS) is 1. The Morgan fingerprint density at radius 3 is 2.07 bits per heavy atom. The molecule has 1 N–H and O–H groups in total. The van der Waals surface area contributed by atoms with E-state index in [-0.39, 0.29) is 18.5 Å². The van der Waals surface area contributed by atoms with E-state index < -0.39 is 18.1 Å². The van der Waals surface area contributed by atoms with Crippen molar-refractivity contribution in [3.63, 3.8) is 0 Å². The third-order valence-electron chi connectivity index (χ3n) is 7.77. The number of carbonyl (C=O) groups is 2. The molecule has 0 radical (unpaired) electrons. The summed E-state index contributed by atoms with van der Waals surface area (Å²) in [6.07, 6.45) is 2.48. The molecule has 0 spiro atoms. The Hall–Kier alpha value is -5.21. The Labute approximate surface area is 265 Å². The van der Waals surface area contributed by atoms with Crippen LogP contribution in [0.15, 0.2) is 115 Å². The zero-order valence-electron chi connectivity index (χ0n) is 24.3. The average Bonchev–Trinajstić information content (AvgIpc) is 3.53. The minimum absolute atomic E-state index is 0.178. The van der Waals surface area contributed by atoms with Crippen molar-refractivity contribution in [2.75, 3.05) is 0 Å². The van der Waals surface area contributed by atoms with E-state index in [4.69, 9.17) is 21.1 Å². The third kappa shape index (κ3) is 6.81. The fourth-order valence-electron chi connectivity index (χ4n) is 5.51. The van der Waals surface area contributed by atoms with Crippen molar-refractivity contribution in [3.8, 4) is 23.0 Å². The van der Waals surface area contributed by atoms with Gasteiger partial charge in [0.2, 0.25) is 5.88 Å². The third-order valence-corrected chi connectivity index (χ3v) is 8.12. The lowest BCUT2D eigenvalue weighted by molar-refractivity contribution is -0.141. The summed E-state index contributed by atoms with van der Waals surface area (Å²) >= 11 is 6.46. The van der Waals surface area contributed by atoms with Crippen LogP contribution in [0.4, 0.5) is 0 Å². The van der Waals surface area contributed by atoms with E-state index in [1.165, 1.54) is 4.90 Å². The molecule has 1 aliphatic rings. The van der Waals surface area contributed by atoms with E-state index in [0.717, 1.165) is 22.3 Å². The summed E-state index contributed by atoms with van der Waals surface area (Å²) in [5.41, 5.74) is 4.40. The second kappa shape index (κ2) is 13.6. The van der Waals surface area contributed by atoms with E-state index in [9.17, 15) is 14.7 Å². The van der Waals surface area contributed by atoms with Gasteiger partial charge < -0.3 is 19.5 Å². The number of halogens is 1. The van der Waals surface area contributed by atoms with Gasteiger partial charge in [-0.2, -0.15) is 4.98 Å². The van der Waals surface area contributed by atoms with Crippen molar-refractivity contribution >= 4 is 23.5 Å². The Morgan fingerprint density at radius 2 is 1.42 bits per heavy atom. The smallest absolute Gasteiger partial charge is 0.326 e. The lowest BCUT2D eigenvalue weighted by Gasteiger charge is -2.29. The van der Waals surface area contributed by atoms with E-state index in [1.807, 2.05) is 78.9 Å². The van der Waals surface area contributed by atoms with Crippen LogP contribution in [0, 0.1) is 0 Å². The van der Waals surface area contributed by atoms with E-state index in [2.05, 4.69) is 9.97 Å². The van der Waals surface area contributed by atoms with Gasteiger partial charge in [-0.3, -0.25) is 4.79 Å². The number of nitrogens with zero attached hydrogens (tertiary/aromatic N) is 3. The molecule has 4 aromatic carbocycles. The van der Waals surface area contributed by atoms with Crippen LogP contribution in [0.3, 0.4) is 0 Å². The number of likely N-dealkylation sites (tertiary alicyclic amines) is 1. The highest BCUT2D eigenvalue weighted by Gasteiger charge is 2.42. The first kappa shape index (κ1) is 29.8. The van der Waals surface area contributed by atoms with E-state index in [1.54, 1.807) is 36.5 Å². The van der Waals surface area contributed by atoms with Crippen molar-refractivity contribution < 1.29 is 24.2 Å². The van der Waals surface area contributed by atoms with Gasteiger partial charge in [0.1, 0.15) is 19.3 Å². The number of carbonyl (C=O) groups excluding carboxylic acids is 1. The molecule has 5 aromatic rings. The van der Waals surface area contributed by atoms with Gasteiger partial charge in [-0.05, 0) is 53.3 Å². The molecule has 2 atom stereocenters. The molecule has 1 amide bonds. The summed E-state index contributed by atoms with van der Waals surface area (Å²) in [4.78, 5) is 36.4. The molecule has 6 rings (SSSR count). The Kier molecular flexibility index (Phi) is 9.03. The van der Waals surface area contributed by atoms with Gasteiger partial charge in [0.15, 0.2) is 0 Å². The SMILES string of the molecule is O=C(O)C1CCC(c2ccccc2Cl)N1C(=O)c1ccc(-c2cnc(OCc3ccccc3)nc2OCc2ccccc2)cc1. The molecule has 1 aliphatic heterocycles. The quantitative estimate of drug-likeness (QED) is 0.174. The van der Waals surface area contributed by atoms with Gasteiger partial charge in [-0.15, -0.1) is 0 Å². The second-order valence-electron chi connectivity index (χ2n) is 10.7. The molecular weight excluding hydrogens is 590 g/mol. The van der Waals surface area contributed by atoms with Crippen LogP contribution in [-0.2, 0) is 18.0 Å². The van der Waals surface area contributed by atoms with Crippen LogP contribution in [0.2, 0.25) is 5.02 Å². The lowest BCUT2D eigenvalue weighted by atomic mass is 10.0. The number of aromatic nitrogens is 2. The van der Waals surface area contributed by atoms with Gasteiger partial charge >= 0.3 is 12.0 Å². The molecular formula is C36H30ClN3O5. The monoisotopic (exact) mass is 619 g/mol. The number of rotatable bonds is 10. The number of carboxylic acids is 1. The molecule has 1 saturated heterocycles. The van der Waals surface area contributed by atoms with Crippen LogP contribution in [0.5, 0.6) is 11.9 Å². The molecule has 2 heterocycles. The van der Waals surface area contributed by atoms with Crippen LogP contribution in [0.1, 0.15) is 45.9 Å². The predicted molar refractivity (Wildman–Crippen MR) is 170 cm³/mol. The van der Waals surface area contributed by atoms with Gasteiger partial charge in [0.25, 0.3) is 5.91 Å². The largest absolute Gasteiger partial charge is 0.480 e. The van der Waals surface area contributed by atoms with Gasteiger partial charge in [-0.1, -0.05) is 103 Å². The zero-order valence-corrected chi connectivity index (χ0v) is 25.0. The maximum Gasteiger partial charge on any atom is 0.326 e. The Bertz CT molecular complexity index is 1780. The summed E-state index contributed by atoms with van der Waals surface area (Å²) < 4.78 is 12.0. The maximum atomic E-state index is 13.8. The van der Waals surface area contributed by atoms with Crippen LogP contribution >= 0.6 is 11.6 Å². The number of hydrogen-bond donors (Lipinski definition) is 1. The summed E-state index contributed by atoms with van der Waals surface area (Å²) in [6.45, 7) is 0.590. The molecule has 0 bridgehead atoms. The summed E-state index contributed by atoms with van der Waals surface area (Å²) in [6, 6.07) is 32.4. The fourth-order valence-corrected chi connectivity index (χ4v) is 5.77. The lowest BCUT2D eigenvalue weighted by Crippen LogP contribution is -2.41. The highest BCUT2D eigenvalue weighted by molar-refractivity contribution is 6.31. The van der Waals surface area contributed by atoms with Crippen LogP contribution in [0.25, 0.3) is 11.1 Å². The van der Waals surface area contributed by atoms with Crippen molar-refractivity contribution in [1.82, 2.24) is 14.9 Å². The van der Waals surface area contributed by atoms with Crippen LogP contribution < -0.4 is 9.47 Å². The molecule has 8 nitrogen and oxygen atoms in total. The summed E-state index contributed by atoms with van der Waals surface area (Å²) in [5.74, 6) is -1.08. The van der Waals surface area contributed by atoms with E-state index >= 15 is 0 Å². The minimum atomic E-state index is -1.04. The van der Waals surface area contributed by atoms with Gasteiger partial charge in [0, 0.05) is 16.8 Å². The van der Waals surface area contributed by atoms with E-state index in [0.29, 0.717) is 41.5 Å². The normalized spacial score (nSPS) is 15.9. The molecule has 2 unspecified atom stereocenters. The molecule has 0 saturated carbocycles. The van der Waals surface area contributed by atoms with Crippen molar-refractivity contribution in [3.05, 3.63) is 143 Å². The van der Waals surface area contributed by atoms with Gasteiger partial charge in [-0.25, -0.2) is 9.78 Å². The number of ether oxygens (including phenoxy) is 2. The fraction of sp³-hybridized carbons (Fsp3) is 0.167. The highest BCUT2D eigenvalue weighted by atomic mass is 35.5. The van der Waals surface area contributed by atoms with Crippen LogP contribution in [-0.4, -0.2) is 37.9 Å². The van der Waals surface area contributed by atoms with Crippen molar-refractivity contribution in [1.29, 1.82) is 0 Å². The molecule has 9 heteroatoms. The Balaban J connectivity index is 1.27. The first-order valence-electron chi connectivity index (χ1n) is 14.6. The first-order valence-corrected chi connectivity index (χ1v) is 15.0. The van der Waals surface area contributed by atoms with Crippen molar-refractivity contribution in [2.24, 2.45) is 0 Å². The minimum Gasteiger partial charge on any atom is -0.480 e. The number of hydrogen-bond acceptors (Lipinski definition) is 6. The average molecular weight is 620 g/mol. The number of aliphatic carboxylic acids is 1. The standard InChI is InChI=1S/C36H30ClN3O5/c37-30-14-8-7-13-28(30)31-19-20-32(35(42)43)40(31)34(41)27-17-15-26(16-18-27)29-21-38-36(45-23-25-11-5-2-6-12-25)39-33(29)44-22-24-9-3-1-4-10-24/h1-18,21,31-32H,19-20,22-23H2,(H,42,43). The number of amides is 1. The highest BCUT2D eigenvalue weighted by Crippen LogP contribution is 2.40. The molecule has 1 fully saturated rings. The second-order valence-corrected chi connectivity index (χ2v) is 11.1. The first-order chi connectivity index (χ1) is 22.0. The van der Waals surface area contributed by atoms with Gasteiger partial charge in [0.05, 0.1) is 11.6 Å². The predicted octanol–water partition coefficient (Wildman–Crippen LogP) is 7.39. The maximum absolute atomic E-state index is 13.8. The Morgan fingerprint density at radius 1 is 0.800 bits per heavy atom. The topological polar surface area (TPSA) is 102 Å². The summed E-state index contributed by atoms with van der Waals surface area (Å²) in [7, 11) is 0. The molecule has 226 valence electrons. The summed E-state index contributed by atoms with van der Waals surface area (Å²) in [5, 5.41) is 10.4. The molecule has 1 aromatic heterocycles.